The topological polar surface area (TPSA) is 50.8 Å². The van der Waals surface area contributed by atoms with Crippen LogP contribution in [-0.4, -0.2) is 14.9 Å². The van der Waals surface area contributed by atoms with Crippen LogP contribution >= 0.6 is 23.2 Å². The van der Waals surface area contributed by atoms with Gasteiger partial charge in [-0.2, -0.15) is 0 Å². The standard InChI is InChI=1S/C18H13Cl2N3O/c1-2-9-22-15-5-3-4-6-16(15)23(18(22)21)11-17(24)12-7-8-13(19)14(20)10-12/h1,3-8,10,21H,9,11H2. The van der Waals surface area contributed by atoms with Gasteiger partial charge in [0.2, 0.25) is 5.62 Å². The van der Waals surface area contributed by atoms with Gasteiger partial charge in [-0.05, 0) is 30.3 Å². The van der Waals surface area contributed by atoms with Gasteiger partial charge in [-0.3, -0.25) is 14.8 Å². The van der Waals surface area contributed by atoms with Crippen LogP contribution in [0.3, 0.4) is 0 Å². The summed E-state index contributed by atoms with van der Waals surface area (Å²) in [6, 6.07) is 12.2. The van der Waals surface area contributed by atoms with Crippen LogP contribution in [0, 0.1) is 17.8 Å². The fourth-order valence-corrected chi connectivity index (χ4v) is 2.91. The number of Topliss-reactive ketones (excluding diaryl/α,β-unsaturated/α-hetero) is 1. The van der Waals surface area contributed by atoms with Crippen LogP contribution in [0.25, 0.3) is 11.0 Å². The van der Waals surface area contributed by atoms with E-state index in [2.05, 4.69) is 5.92 Å². The lowest BCUT2D eigenvalue weighted by Crippen LogP contribution is -2.27. The number of imidazole rings is 1. The number of nitrogens with one attached hydrogen (secondary N) is 1. The minimum absolute atomic E-state index is 0.0227. The molecule has 6 heteroatoms. The number of ketones is 1. The monoisotopic (exact) mass is 357 g/mol. The van der Waals surface area contributed by atoms with Crippen LogP contribution in [0.4, 0.5) is 0 Å². The summed E-state index contributed by atoms with van der Waals surface area (Å²) in [4.78, 5) is 12.6. The Balaban J connectivity index is 2.05. The molecular weight excluding hydrogens is 345 g/mol. The number of benzene rings is 2. The van der Waals surface area contributed by atoms with Crippen molar-refractivity contribution in [1.82, 2.24) is 9.13 Å². The van der Waals surface area contributed by atoms with Gasteiger partial charge in [0.1, 0.15) is 0 Å². The maximum absolute atomic E-state index is 12.6. The number of hydrogen-bond donors (Lipinski definition) is 1. The van der Waals surface area contributed by atoms with Gasteiger partial charge >= 0.3 is 0 Å². The van der Waals surface area contributed by atoms with Gasteiger partial charge in [0, 0.05) is 5.56 Å². The van der Waals surface area contributed by atoms with Gasteiger partial charge in [-0.1, -0.05) is 41.3 Å². The molecule has 1 N–H and O–H groups in total. The summed E-state index contributed by atoms with van der Waals surface area (Å²) in [5.41, 5.74) is 2.24. The molecule has 4 nitrogen and oxygen atoms in total. The number of rotatable bonds is 4. The fraction of sp³-hybridized carbons (Fsp3) is 0.111. The largest absolute Gasteiger partial charge is 0.303 e. The number of carbonyl (C=O) groups is 1. The fourth-order valence-electron chi connectivity index (χ4n) is 2.61. The van der Waals surface area contributed by atoms with Crippen molar-refractivity contribution in [3.8, 4) is 12.3 Å². The molecule has 0 atom stereocenters. The molecule has 0 unspecified atom stereocenters. The first kappa shape index (κ1) is 16.4. The quantitative estimate of drug-likeness (QED) is 0.561. The van der Waals surface area contributed by atoms with Crippen LogP contribution in [0.1, 0.15) is 10.4 Å². The van der Waals surface area contributed by atoms with Crippen molar-refractivity contribution in [3.63, 3.8) is 0 Å². The molecule has 0 saturated heterocycles. The highest BCUT2D eigenvalue weighted by Gasteiger charge is 2.14. The summed E-state index contributed by atoms with van der Waals surface area (Å²) in [5, 5.41) is 9.06. The molecule has 0 radical (unpaired) electrons. The Morgan fingerprint density at radius 1 is 1.08 bits per heavy atom. The van der Waals surface area contributed by atoms with Crippen molar-refractivity contribution >= 4 is 40.0 Å². The van der Waals surface area contributed by atoms with Crippen LogP contribution in [-0.2, 0) is 13.1 Å². The predicted molar refractivity (Wildman–Crippen MR) is 95.4 cm³/mol. The Hall–Kier alpha value is -2.48. The Labute approximate surface area is 148 Å². The van der Waals surface area contributed by atoms with Gasteiger partial charge in [0.05, 0.1) is 34.2 Å². The maximum Gasteiger partial charge on any atom is 0.204 e. The second-order valence-electron chi connectivity index (χ2n) is 5.24. The molecule has 3 aromatic rings. The molecule has 0 fully saturated rings. The third-order valence-corrected chi connectivity index (χ3v) is 4.51. The van der Waals surface area contributed by atoms with E-state index in [4.69, 9.17) is 35.0 Å². The first-order valence-corrected chi connectivity index (χ1v) is 7.93. The zero-order valence-corrected chi connectivity index (χ0v) is 14.1. The number of terminal acetylenes is 1. The van der Waals surface area contributed by atoms with Crippen LogP contribution in [0.2, 0.25) is 10.0 Å². The minimum atomic E-state index is -0.157. The van der Waals surface area contributed by atoms with Crippen molar-refractivity contribution < 1.29 is 4.79 Å². The van der Waals surface area contributed by atoms with Gasteiger partial charge in [0.15, 0.2) is 5.78 Å². The Morgan fingerprint density at radius 2 is 1.75 bits per heavy atom. The van der Waals surface area contributed by atoms with Crippen molar-refractivity contribution in [2.24, 2.45) is 0 Å². The molecular formula is C18H13Cl2N3O. The van der Waals surface area contributed by atoms with Crippen molar-refractivity contribution in [1.29, 1.82) is 5.41 Å². The molecule has 0 aliphatic carbocycles. The van der Waals surface area contributed by atoms with Gasteiger partial charge in [0.25, 0.3) is 0 Å². The zero-order chi connectivity index (χ0) is 17.3. The van der Waals surface area contributed by atoms with Crippen molar-refractivity contribution in [2.45, 2.75) is 13.1 Å². The van der Waals surface area contributed by atoms with Crippen LogP contribution in [0.5, 0.6) is 0 Å². The molecule has 0 spiro atoms. The summed E-state index contributed by atoms with van der Waals surface area (Å²) >= 11 is 11.9. The minimum Gasteiger partial charge on any atom is -0.303 e. The van der Waals surface area contributed by atoms with E-state index in [1.54, 1.807) is 21.3 Å². The summed E-state index contributed by atoms with van der Waals surface area (Å²) in [6.45, 7) is 0.294. The summed E-state index contributed by atoms with van der Waals surface area (Å²) in [7, 11) is 0. The van der Waals surface area contributed by atoms with Crippen molar-refractivity contribution in [3.05, 3.63) is 63.7 Å². The summed E-state index contributed by atoms with van der Waals surface area (Å²) in [5.74, 6) is 2.38. The zero-order valence-electron chi connectivity index (χ0n) is 12.6. The average molecular weight is 358 g/mol. The number of halogens is 2. The van der Waals surface area contributed by atoms with E-state index in [1.807, 2.05) is 24.3 Å². The number of carbonyl (C=O) groups excluding carboxylic acids is 1. The highest BCUT2D eigenvalue weighted by Crippen LogP contribution is 2.23. The van der Waals surface area contributed by atoms with Gasteiger partial charge in [-0.25, -0.2) is 0 Å². The summed E-state index contributed by atoms with van der Waals surface area (Å²) < 4.78 is 3.33. The maximum atomic E-state index is 12.6. The number of hydrogen-bond acceptors (Lipinski definition) is 2. The predicted octanol–water partition coefficient (Wildman–Crippen LogP) is 3.75. The molecule has 2 aromatic carbocycles. The Kier molecular flexibility index (Phi) is 4.48. The second kappa shape index (κ2) is 6.56. The molecule has 1 aromatic heterocycles. The normalized spacial score (nSPS) is 10.7. The molecule has 0 saturated carbocycles. The third kappa shape index (κ3) is 2.84. The lowest BCUT2D eigenvalue weighted by Gasteiger charge is -2.05. The smallest absolute Gasteiger partial charge is 0.204 e. The third-order valence-electron chi connectivity index (χ3n) is 3.77. The van der Waals surface area contributed by atoms with Crippen LogP contribution < -0.4 is 5.62 Å². The summed E-state index contributed by atoms with van der Waals surface area (Å²) in [6.07, 6.45) is 5.40. The number of nitrogens with zero attached hydrogens (tertiary/aromatic N) is 2. The van der Waals surface area contributed by atoms with Crippen LogP contribution in [0.15, 0.2) is 42.5 Å². The van der Waals surface area contributed by atoms with E-state index in [0.29, 0.717) is 15.6 Å². The molecule has 120 valence electrons. The lowest BCUT2D eigenvalue weighted by atomic mass is 10.1. The number of aromatic nitrogens is 2. The highest BCUT2D eigenvalue weighted by molar-refractivity contribution is 6.42. The first-order valence-electron chi connectivity index (χ1n) is 7.17. The van der Waals surface area contributed by atoms with E-state index >= 15 is 0 Å². The molecule has 3 rings (SSSR count). The van der Waals surface area contributed by atoms with E-state index in [1.165, 1.54) is 6.07 Å². The molecule has 0 aliphatic heterocycles. The van der Waals surface area contributed by atoms with E-state index in [9.17, 15) is 4.79 Å². The Morgan fingerprint density at radius 3 is 2.38 bits per heavy atom. The lowest BCUT2D eigenvalue weighted by molar-refractivity contribution is 0.0971. The first-order chi connectivity index (χ1) is 11.5. The molecule has 0 aliphatic rings. The highest BCUT2D eigenvalue weighted by atomic mass is 35.5. The Bertz CT molecular complexity index is 1040. The molecule has 0 amide bonds. The molecule has 1 heterocycles. The van der Waals surface area contributed by atoms with E-state index in [-0.39, 0.29) is 24.5 Å². The van der Waals surface area contributed by atoms with Crippen molar-refractivity contribution in [2.75, 3.05) is 0 Å². The average Bonchev–Trinajstić information content (AvgIpc) is 2.83. The van der Waals surface area contributed by atoms with E-state index in [0.717, 1.165) is 11.0 Å². The molecule has 0 bridgehead atoms. The number of fused-ring (bicyclic) bond motifs is 1. The number of para-hydroxylation sites is 2. The van der Waals surface area contributed by atoms with E-state index < -0.39 is 0 Å². The second-order valence-corrected chi connectivity index (χ2v) is 6.06. The van der Waals surface area contributed by atoms with Gasteiger partial charge < -0.3 is 4.57 Å². The van der Waals surface area contributed by atoms with Gasteiger partial charge in [-0.15, -0.1) is 6.42 Å². The molecule has 24 heavy (non-hydrogen) atoms. The SMILES string of the molecule is C#CCn1c(=N)n(CC(=O)c2ccc(Cl)c(Cl)c2)c2ccccc21.